The maximum absolute atomic E-state index is 11.5. The average Bonchev–Trinajstić information content (AvgIpc) is 2.65. The maximum Gasteiger partial charge on any atom is 0.375 e. The first kappa shape index (κ1) is 13.8. The summed E-state index contributed by atoms with van der Waals surface area (Å²) in [5.74, 6) is -1.68. The molecule has 0 saturated heterocycles. The van der Waals surface area contributed by atoms with Crippen LogP contribution >= 0.6 is 11.5 Å². The fraction of sp³-hybridized carbons (Fsp3) is 0.625. The molecule has 0 unspecified atom stereocenters. The predicted octanol–water partition coefficient (Wildman–Crippen LogP) is 1.17. The van der Waals surface area contributed by atoms with Crippen molar-refractivity contribution in [2.45, 2.75) is 26.2 Å². The monoisotopic (exact) mass is 279 g/mol. The molecular formula is C8H13N3O4S2. The summed E-state index contributed by atoms with van der Waals surface area (Å²) >= 11 is 0.712. The van der Waals surface area contributed by atoms with Crippen molar-refractivity contribution >= 4 is 32.7 Å². The van der Waals surface area contributed by atoms with Crippen molar-refractivity contribution in [3.8, 4) is 0 Å². The number of carboxylic acids is 1. The number of rotatable bonds is 7. The van der Waals surface area contributed by atoms with Crippen LogP contribution < -0.4 is 4.72 Å². The molecule has 0 fully saturated rings. The van der Waals surface area contributed by atoms with Crippen LogP contribution in [0.15, 0.2) is 0 Å². The van der Waals surface area contributed by atoms with E-state index in [1.165, 1.54) is 0 Å². The molecule has 1 aromatic heterocycles. The first-order valence-corrected chi connectivity index (χ1v) is 7.44. The molecule has 7 nitrogen and oxygen atoms in total. The highest BCUT2D eigenvalue weighted by molar-refractivity contribution is 7.92. The number of aromatic carboxylic acids is 1. The minimum Gasteiger partial charge on any atom is -0.475 e. The minimum atomic E-state index is -3.45. The summed E-state index contributed by atoms with van der Waals surface area (Å²) in [4.78, 5) is 14.0. The summed E-state index contributed by atoms with van der Waals surface area (Å²) in [5, 5.41) is 8.56. The molecule has 0 aliphatic rings. The Kier molecular flexibility index (Phi) is 4.82. The number of sulfonamides is 1. The van der Waals surface area contributed by atoms with Crippen LogP contribution in [0.5, 0.6) is 0 Å². The van der Waals surface area contributed by atoms with E-state index in [9.17, 15) is 13.2 Å². The van der Waals surface area contributed by atoms with Crippen LogP contribution in [0.3, 0.4) is 0 Å². The fourth-order valence-electron chi connectivity index (χ4n) is 1.08. The van der Waals surface area contributed by atoms with E-state index in [0.717, 1.165) is 12.8 Å². The summed E-state index contributed by atoms with van der Waals surface area (Å²) in [6, 6.07) is 0. The molecular weight excluding hydrogens is 266 g/mol. The van der Waals surface area contributed by atoms with Crippen LogP contribution in [-0.4, -0.2) is 34.6 Å². The Morgan fingerprint density at radius 1 is 1.47 bits per heavy atom. The molecule has 0 atom stereocenters. The highest BCUT2D eigenvalue weighted by Crippen LogP contribution is 2.13. The standard InChI is InChI=1S/C8H13N3O4S2/c1-2-3-4-5-17(14,15)11-8-9-6(7(12)13)10-16-8/h2-5H2,1H3,(H,12,13)(H,9,10,11). The quantitative estimate of drug-likeness (QED) is 0.725. The van der Waals surface area contributed by atoms with Gasteiger partial charge in [0.05, 0.1) is 5.75 Å². The van der Waals surface area contributed by atoms with E-state index in [0.29, 0.717) is 18.0 Å². The number of unbranched alkanes of at least 4 members (excludes halogenated alkanes) is 2. The molecule has 1 heterocycles. The molecule has 0 aromatic carbocycles. The number of hydrogen-bond acceptors (Lipinski definition) is 6. The van der Waals surface area contributed by atoms with Gasteiger partial charge in [0.25, 0.3) is 5.82 Å². The van der Waals surface area contributed by atoms with Gasteiger partial charge in [0.2, 0.25) is 15.2 Å². The second-order valence-electron chi connectivity index (χ2n) is 3.36. The van der Waals surface area contributed by atoms with Crippen LogP contribution in [0.1, 0.15) is 36.8 Å². The maximum atomic E-state index is 11.5. The Labute approximate surface area is 103 Å². The minimum absolute atomic E-state index is 0.00280. The second kappa shape index (κ2) is 5.92. The average molecular weight is 279 g/mol. The first-order chi connectivity index (χ1) is 7.94. The number of anilines is 1. The fourth-order valence-corrected chi connectivity index (χ4v) is 3.02. The molecule has 1 aromatic rings. The number of hydrogen-bond donors (Lipinski definition) is 2. The van der Waals surface area contributed by atoms with Crippen LogP contribution in [0, 0.1) is 0 Å². The largest absolute Gasteiger partial charge is 0.475 e. The van der Waals surface area contributed by atoms with E-state index >= 15 is 0 Å². The Balaban J connectivity index is 2.60. The van der Waals surface area contributed by atoms with Crippen LogP contribution in [0.4, 0.5) is 5.13 Å². The topological polar surface area (TPSA) is 109 Å². The van der Waals surface area contributed by atoms with Gasteiger partial charge in [0.15, 0.2) is 0 Å². The lowest BCUT2D eigenvalue weighted by Crippen LogP contribution is -2.16. The molecule has 96 valence electrons. The molecule has 0 aliphatic heterocycles. The lowest BCUT2D eigenvalue weighted by atomic mass is 10.3. The van der Waals surface area contributed by atoms with Crippen molar-refractivity contribution in [1.29, 1.82) is 0 Å². The van der Waals surface area contributed by atoms with E-state index in [1.807, 2.05) is 6.92 Å². The third-order valence-corrected chi connectivity index (χ3v) is 3.97. The number of aromatic nitrogens is 2. The van der Waals surface area contributed by atoms with Crippen LogP contribution in [-0.2, 0) is 10.0 Å². The molecule has 17 heavy (non-hydrogen) atoms. The summed E-state index contributed by atoms with van der Waals surface area (Å²) in [7, 11) is -3.45. The highest BCUT2D eigenvalue weighted by atomic mass is 32.2. The number of nitrogens with zero attached hydrogens (tertiary/aromatic N) is 2. The SMILES string of the molecule is CCCCCS(=O)(=O)Nc1nc(C(=O)O)ns1. The van der Waals surface area contributed by atoms with Gasteiger partial charge in [-0.2, -0.15) is 9.36 Å². The second-order valence-corrected chi connectivity index (χ2v) is 5.95. The van der Waals surface area contributed by atoms with E-state index in [2.05, 4.69) is 14.1 Å². The molecule has 1 rings (SSSR count). The van der Waals surface area contributed by atoms with Gasteiger partial charge < -0.3 is 5.11 Å². The lowest BCUT2D eigenvalue weighted by Gasteiger charge is -2.03. The number of nitrogens with one attached hydrogen (secondary N) is 1. The van der Waals surface area contributed by atoms with Crippen LogP contribution in [0.2, 0.25) is 0 Å². The van der Waals surface area contributed by atoms with Gasteiger partial charge in [-0.25, -0.2) is 13.2 Å². The van der Waals surface area contributed by atoms with Gasteiger partial charge in [-0.3, -0.25) is 4.72 Å². The molecule has 0 saturated carbocycles. The van der Waals surface area contributed by atoms with Gasteiger partial charge in [-0.05, 0) is 6.42 Å². The third kappa shape index (κ3) is 4.65. The zero-order chi connectivity index (χ0) is 12.9. The van der Waals surface area contributed by atoms with Crippen molar-refractivity contribution < 1.29 is 18.3 Å². The van der Waals surface area contributed by atoms with Crippen molar-refractivity contribution in [2.75, 3.05) is 10.5 Å². The highest BCUT2D eigenvalue weighted by Gasteiger charge is 2.15. The normalized spacial score (nSPS) is 11.4. The van der Waals surface area contributed by atoms with Gasteiger partial charge in [-0.1, -0.05) is 19.8 Å². The lowest BCUT2D eigenvalue weighted by molar-refractivity contribution is 0.0685. The van der Waals surface area contributed by atoms with Gasteiger partial charge >= 0.3 is 5.97 Å². The third-order valence-electron chi connectivity index (χ3n) is 1.88. The predicted molar refractivity (Wildman–Crippen MR) is 63.8 cm³/mol. The van der Waals surface area contributed by atoms with Crippen molar-refractivity contribution in [1.82, 2.24) is 9.36 Å². The molecule has 9 heteroatoms. The zero-order valence-electron chi connectivity index (χ0n) is 9.21. The molecule has 0 bridgehead atoms. The van der Waals surface area contributed by atoms with E-state index in [1.54, 1.807) is 0 Å². The van der Waals surface area contributed by atoms with Gasteiger partial charge in [0, 0.05) is 11.5 Å². The summed E-state index contributed by atoms with van der Waals surface area (Å²) in [6.07, 6.45) is 2.32. The van der Waals surface area contributed by atoms with Crippen molar-refractivity contribution in [2.24, 2.45) is 0 Å². The molecule has 0 aliphatic carbocycles. The Hall–Kier alpha value is -1.22. The van der Waals surface area contributed by atoms with Gasteiger partial charge in [0.1, 0.15) is 0 Å². The smallest absolute Gasteiger partial charge is 0.375 e. The molecule has 0 spiro atoms. The van der Waals surface area contributed by atoms with Crippen molar-refractivity contribution in [3.63, 3.8) is 0 Å². The summed E-state index contributed by atoms with van der Waals surface area (Å²) in [6.45, 7) is 1.98. The van der Waals surface area contributed by atoms with E-state index in [4.69, 9.17) is 5.11 Å². The van der Waals surface area contributed by atoms with Crippen LogP contribution in [0.25, 0.3) is 0 Å². The first-order valence-electron chi connectivity index (χ1n) is 5.02. The number of carbonyl (C=O) groups is 1. The molecule has 0 amide bonds. The molecule has 2 N–H and O–H groups in total. The Morgan fingerprint density at radius 2 is 2.18 bits per heavy atom. The number of carboxylic acid groups (broad SMARTS) is 1. The van der Waals surface area contributed by atoms with E-state index in [-0.39, 0.29) is 10.9 Å². The Bertz CT molecular complexity index is 483. The molecule has 0 radical (unpaired) electrons. The summed E-state index contributed by atoms with van der Waals surface area (Å²) < 4.78 is 28.8. The zero-order valence-corrected chi connectivity index (χ0v) is 10.8. The summed E-state index contributed by atoms with van der Waals surface area (Å²) in [5.41, 5.74) is 0. The Morgan fingerprint density at radius 3 is 2.71 bits per heavy atom. The van der Waals surface area contributed by atoms with Gasteiger partial charge in [-0.15, -0.1) is 0 Å². The van der Waals surface area contributed by atoms with E-state index < -0.39 is 21.8 Å². The van der Waals surface area contributed by atoms with Crippen molar-refractivity contribution in [3.05, 3.63) is 5.82 Å².